The smallest absolute Gasteiger partial charge is 0.327 e. The molecule has 3 aliphatic rings. The van der Waals surface area contributed by atoms with Crippen LogP contribution in [0.25, 0.3) is 0 Å². The highest BCUT2D eigenvalue weighted by atomic mass is 16.5. The maximum Gasteiger partial charge on any atom is 0.327 e. The molecule has 0 bridgehead atoms. The summed E-state index contributed by atoms with van der Waals surface area (Å²) in [5, 5.41) is 2.80. The summed E-state index contributed by atoms with van der Waals surface area (Å²) >= 11 is 0. The number of hydrogen-bond acceptors (Lipinski definition) is 8. The Kier molecular flexibility index (Phi) is 6.99. The molecule has 3 fully saturated rings. The lowest BCUT2D eigenvalue weighted by atomic mass is 9.75. The molecule has 1 aromatic heterocycles. The van der Waals surface area contributed by atoms with Crippen LogP contribution in [0, 0.1) is 5.92 Å². The van der Waals surface area contributed by atoms with E-state index in [1.165, 1.54) is 6.92 Å². The van der Waals surface area contributed by atoms with Crippen molar-refractivity contribution in [3.63, 3.8) is 0 Å². The number of amides is 4. The number of anilines is 1. The Labute approximate surface area is 198 Å². The highest BCUT2D eigenvalue weighted by molar-refractivity contribution is 6.08. The molecule has 2 saturated heterocycles. The molecule has 0 radical (unpaired) electrons. The van der Waals surface area contributed by atoms with Crippen LogP contribution in [-0.4, -0.2) is 87.9 Å². The first-order chi connectivity index (χ1) is 16.3. The van der Waals surface area contributed by atoms with Gasteiger partial charge in [-0.2, -0.15) is 0 Å². The molecule has 4 amide bonds. The van der Waals surface area contributed by atoms with Crippen LogP contribution in [0.2, 0.25) is 0 Å². The van der Waals surface area contributed by atoms with Crippen LogP contribution in [0.5, 0.6) is 0 Å². The predicted molar refractivity (Wildman–Crippen MR) is 122 cm³/mol. The summed E-state index contributed by atoms with van der Waals surface area (Å²) < 4.78 is 5.30. The molecule has 1 unspecified atom stereocenters. The average Bonchev–Trinajstić information content (AvgIpc) is 3.08. The fourth-order valence-electron chi connectivity index (χ4n) is 4.99. The summed E-state index contributed by atoms with van der Waals surface area (Å²) in [7, 11) is 0. The van der Waals surface area contributed by atoms with Crippen LogP contribution < -0.4 is 10.2 Å². The number of aromatic nitrogens is 2. The molecular formula is C23H32N6O5. The molecule has 11 heteroatoms. The van der Waals surface area contributed by atoms with Gasteiger partial charge in [-0.05, 0) is 44.6 Å². The van der Waals surface area contributed by atoms with E-state index in [9.17, 15) is 19.2 Å². The second-order valence-corrected chi connectivity index (χ2v) is 9.25. The Bertz CT molecular complexity index is 925. The largest absolute Gasteiger partial charge is 0.451 e. The summed E-state index contributed by atoms with van der Waals surface area (Å²) in [6, 6.07) is 1.17. The van der Waals surface area contributed by atoms with E-state index < -0.39 is 30.2 Å². The summed E-state index contributed by atoms with van der Waals surface area (Å²) in [6.07, 6.45) is 6.28. The Balaban J connectivity index is 1.26. The minimum atomic E-state index is -1.01. The van der Waals surface area contributed by atoms with Gasteiger partial charge in [0.2, 0.25) is 5.95 Å². The van der Waals surface area contributed by atoms with Gasteiger partial charge in [-0.3, -0.25) is 19.3 Å². The number of carbonyl (C=O) groups is 4. The Morgan fingerprint density at radius 2 is 1.79 bits per heavy atom. The summed E-state index contributed by atoms with van der Waals surface area (Å²) in [6.45, 7) is 5.17. The second kappa shape index (κ2) is 9.94. The molecule has 4 rings (SSSR count). The van der Waals surface area contributed by atoms with Crippen LogP contribution in [0.3, 0.4) is 0 Å². The van der Waals surface area contributed by atoms with Crippen molar-refractivity contribution in [3.05, 3.63) is 18.5 Å². The van der Waals surface area contributed by atoms with E-state index in [1.807, 2.05) is 4.90 Å². The van der Waals surface area contributed by atoms with Crippen molar-refractivity contribution in [1.82, 2.24) is 25.1 Å². The third-order valence-corrected chi connectivity index (χ3v) is 7.15. The van der Waals surface area contributed by atoms with Gasteiger partial charge in [-0.1, -0.05) is 13.3 Å². The maximum atomic E-state index is 13.0. The fourth-order valence-corrected chi connectivity index (χ4v) is 4.99. The van der Waals surface area contributed by atoms with Gasteiger partial charge in [-0.15, -0.1) is 0 Å². The van der Waals surface area contributed by atoms with Gasteiger partial charge in [0.25, 0.3) is 11.8 Å². The Hall–Kier alpha value is -3.24. The number of rotatable bonds is 6. The van der Waals surface area contributed by atoms with Crippen molar-refractivity contribution >= 4 is 29.8 Å². The van der Waals surface area contributed by atoms with Gasteiger partial charge in [-0.25, -0.2) is 14.8 Å². The van der Waals surface area contributed by atoms with Crippen LogP contribution in [0.1, 0.15) is 46.0 Å². The molecule has 184 valence electrons. The standard InChI is InChI=1S/C23H32N6O5/c1-3-17-5-7-23(8-6-17)20(32)29(22(33)26-23)15-18(30)34-16(2)19(31)27-11-13-28(14-12-27)21-24-9-4-10-25-21/h4,9-10,16-17H,3,5-8,11-15H2,1-2H3,(H,26,33). The van der Waals surface area contributed by atoms with Crippen LogP contribution in [-0.2, 0) is 19.1 Å². The Morgan fingerprint density at radius 3 is 2.41 bits per heavy atom. The fraction of sp³-hybridized carbons (Fsp3) is 0.652. The zero-order valence-corrected chi connectivity index (χ0v) is 19.7. The molecule has 1 saturated carbocycles. The number of urea groups is 1. The first-order valence-electron chi connectivity index (χ1n) is 12.0. The number of piperazine rings is 1. The van der Waals surface area contributed by atoms with E-state index in [1.54, 1.807) is 23.4 Å². The van der Waals surface area contributed by atoms with Crippen molar-refractivity contribution in [2.24, 2.45) is 5.92 Å². The predicted octanol–water partition coefficient (Wildman–Crippen LogP) is 0.948. The van der Waals surface area contributed by atoms with Crippen LogP contribution in [0.4, 0.5) is 10.7 Å². The van der Waals surface area contributed by atoms with E-state index >= 15 is 0 Å². The topological polar surface area (TPSA) is 125 Å². The quantitative estimate of drug-likeness (QED) is 0.479. The minimum absolute atomic E-state index is 0.312. The minimum Gasteiger partial charge on any atom is -0.451 e. The third kappa shape index (κ3) is 4.83. The number of imide groups is 1. The molecule has 0 aromatic carbocycles. The Morgan fingerprint density at radius 1 is 1.15 bits per heavy atom. The lowest BCUT2D eigenvalue weighted by molar-refractivity contribution is -0.160. The van der Waals surface area contributed by atoms with E-state index in [0.717, 1.165) is 24.2 Å². The molecule has 1 aromatic rings. The van der Waals surface area contributed by atoms with Crippen molar-refractivity contribution in [3.8, 4) is 0 Å². The summed E-state index contributed by atoms with van der Waals surface area (Å²) in [4.78, 5) is 63.7. The molecule has 1 atom stereocenters. The number of nitrogens with zero attached hydrogens (tertiary/aromatic N) is 5. The summed E-state index contributed by atoms with van der Waals surface area (Å²) in [5.74, 6) is -0.289. The zero-order chi connectivity index (χ0) is 24.3. The van der Waals surface area contributed by atoms with E-state index in [0.29, 0.717) is 50.9 Å². The molecule has 34 heavy (non-hydrogen) atoms. The molecule has 1 spiro atoms. The molecule has 1 N–H and O–H groups in total. The van der Waals surface area contributed by atoms with Crippen LogP contribution >= 0.6 is 0 Å². The van der Waals surface area contributed by atoms with Gasteiger partial charge in [0.15, 0.2) is 6.10 Å². The lowest BCUT2D eigenvalue weighted by Crippen LogP contribution is -2.52. The van der Waals surface area contributed by atoms with Crippen molar-refractivity contribution < 1.29 is 23.9 Å². The summed E-state index contributed by atoms with van der Waals surface area (Å²) in [5.41, 5.74) is -0.910. The first kappa shape index (κ1) is 23.9. The molecule has 11 nitrogen and oxygen atoms in total. The normalized spacial score (nSPS) is 25.9. The maximum absolute atomic E-state index is 13.0. The number of hydrogen-bond donors (Lipinski definition) is 1. The van der Waals surface area contributed by atoms with E-state index in [-0.39, 0.29) is 11.8 Å². The molecular weight excluding hydrogens is 440 g/mol. The number of esters is 1. The van der Waals surface area contributed by atoms with Gasteiger partial charge in [0.05, 0.1) is 0 Å². The van der Waals surface area contributed by atoms with Gasteiger partial charge in [0.1, 0.15) is 12.1 Å². The molecule has 2 aliphatic heterocycles. The molecule has 3 heterocycles. The zero-order valence-electron chi connectivity index (χ0n) is 19.7. The third-order valence-electron chi connectivity index (χ3n) is 7.15. The number of carbonyl (C=O) groups excluding carboxylic acids is 4. The lowest BCUT2D eigenvalue weighted by Gasteiger charge is -2.35. The molecule has 1 aliphatic carbocycles. The number of ether oxygens (including phenoxy) is 1. The number of nitrogens with one attached hydrogen (secondary N) is 1. The SMILES string of the molecule is CCC1CCC2(CC1)NC(=O)N(CC(=O)OC(C)C(=O)N1CCN(c3ncccn3)CC1)C2=O. The second-order valence-electron chi connectivity index (χ2n) is 9.25. The van der Waals surface area contributed by atoms with Gasteiger partial charge < -0.3 is 19.9 Å². The van der Waals surface area contributed by atoms with Gasteiger partial charge in [0, 0.05) is 38.6 Å². The highest BCUT2D eigenvalue weighted by Crippen LogP contribution is 2.37. The highest BCUT2D eigenvalue weighted by Gasteiger charge is 2.52. The van der Waals surface area contributed by atoms with Crippen LogP contribution in [0.15, 0.2) is 18.5 Å². The van der Waals surface area contributed by atoms with E-state index in [2.05, 4.69) is 22.2 Å². The monoisotopic (exact) mass is 472 g/mol. The first-order valence-corrected chi connectivity index (χ1v) is 12.0. The van der Waals surface area contributed by atoms with Crippen molar-refractivity contribution in [2.75, 3.05) is 37.6 Å². The average molecular weight is 473 g/mol. The van der Waals surface area contributed by atoms with Crippen molar-refractivity contribution in [1.29, 1.82) is 0 Å². The van der Waals surface area contributed by atoms with Crippen molar-refractivity contribution in [2.45, 2.75) is 57.6 Å². The van der Waals surface area contributed by atoms with Gasteiger partial charge >= 0.3 is 12.0 Å². The van der Waals surface area contributed by atoms with E-state index in [4.69, 9.17) is 4.74 Å².